The molecule has 3 rings (SSSR count). The minimum absolute atomic E-state index is 0.129. The average Bonchev–Trinajstić information content (AvgIpc) is 2.93. The Balaban J connectivity index is 1.47. The number of hydrogen-bond acceptors (Lipinski definition) is 4. The summed E-state index contributed by atoms with van der Waals surface area (Å²) in [4.78, 5) is 17.7. The number of hydrogen-bond donors (Lipinski definition) is 0. The molecule has 0 atom stereocenters. The van der Waals surface area contributed by atoms with Crippen LogP contribution < -0.4 is 0 Å². The van der Waals surface area contributed by atoms with Gasteiger partial charge < -0.3 is 4.90 Å². The maximum Gasteiger partial charge on any atom is 0.232 e. The molecule has 1 amide bonds. The van der Waals surface area contributed by atoms with Crippen LogP contribution in [0.4, 0.5) is 4.39 Å². The first-order chi connectivity index (χ1) is 13.1. The van der Waals surface area contributed by atoms with E-state index in [1.54, 1.807) is 12.1 Å². The van der Waals surface area contributed by atoms with Crippen LogP contribution in [-0.2, 0) is 11.3 Å². The smallest absolute Gasteiger partial charge is 0.232 e. The van der Waals surface area contributed by atoms with Gasteiger partial charge in [0.2, 0.25) is 5.91 Å². The monoisotopic (exact) mass is 383 g/mol. The van der Waals surface area contributed by atoms with Crippen molar-refractivity contribution in [3.8, 4) is 6.07 Å². The molecule has 1 saturated heterocycles. The summed E-state index contributed by atoms with van der Waals surface area (Å²) in [6.45, 7) is 4.12. The average molecular weight is 383 g/mol. The highest BCUT2D eigenvalue weighted by atomic mass is 32.2. The standard InChI is InChI=1S/C21H22FN3OS/c22-19-6-8-20(9-7-19)27-16-21(26)25-11-1-10-24(12-13-25)15-18-4-2-17(14-23)3-5-18/h2-9H,1,10-13,15-16H2. The zero-order chi connectivity index (χ0) is 19.1. The third-order valence-corrected chi connectivity index (χ3v) is 5.60. The fraction of sp³-hybridized carbons (Fsp3) is 0.333. The molecule has 140 valence electrons. The van der Waals surface area contributed by atoms with E-state index >= 15 is 0 Å². The maximum absolute atomic E-state index is 12.9. The van der Waals surface area contributed by atoms with Gasteiger partial charge in [0.05, 0.1) is 17.4 Å². The van der Waals surface area contributed by atoms with Crippen molar-refractivity contribution in [1.29, 1.82) is 5.26 Å². The number of carbonyl (C=O) groups excluding carboxylic acids is 1. The van der Waals surface area contributed by atoms with Crippen molar-refractivity contribution in [2.45, 2.75) is 17.9 Å². The molecule has 0 aromatic heterocycles. The van der Waals surface area contributed by atoms with Gasteiger partial charge >= 0.3 is 0 Å². The Kier molecular flexibility index (Phi) is 6.86. The first-order valence-electron chi connectivity index (χ1n) is 9.01. The van der Waals surface area contributed by atoms with E-state index < -0.39 is 0 Å². The first kappa shape index (κ1) is 19.4. The van der Waals surface area contributed by atoms with Crippen LogP contribution in [0.5, 0.6) is 0 Å². The Labute approximate surface area is 163 Å². The Morgan fingerprint density at radius 1 is 1.04 bits per heavy atom. The van der Waals surface area contributed by atoms with Crippen LogP contribution in [0.25, 0.3) is 0 Å². The van der Waals surface area contributed by atoms with Crippen LogP contribution in [0, 0.1) is 17.1 Å². The number of rotatable bonds is 5. The highest BCUT2D eigenvalue weighted by molar-refractivity contribution is 8.00. The largest absolute Gasteiger partial charge is 0.341 e. The zero-order valence-electron chi connectivity index (χ0n) is 15.1. The van der Waals surface area contributed by atoms with Gasteiger partial charge in [0.25, 0.3) is 0 Å². The Morgan fingerprint density at radius 3 is 2.48 bits per heavy atom. The maximum atomic E-state index is 12.9. The van der Waals surface area contributed by atoms with E-state index in [0.717, 1.165) is 44.0 Å². The number of halogens is 1. The Morgan fingerprint density at radius 2 is 1.78 bits per heavy atom. The molecule has 1 fully saturated rings. The number of nitrogens with zero attached hydrogens (tertiary/aromatic N) is 3. The van der Waals surface area contributed by atoms with E-state index in [9.17, 15) is 9.18 Å². The molecule has 1 aliphatic rings. The van der Waals surface area contributed by atoms with Crippen LogP contribution in [0.3, 0.4) is 0 Å². The lowest BCUT2D eigenvalue weighted by Crippen LogP contribution is -2.36. The highest BCUT2D eigenvalue weighted by Crippen LogP contribution is 2.19. The molecule has 0 saturated carbocycles. The predicted molar refractivity (Wildman–Crippen MR) is 105 cm³/mol. The molecule has 2 aromatic rings. The predicted octanol–water partition coefficient (Wildman–Crippen LogP) is 3.52. The molecule has 0 N–H and O–H groups in total. The van der Waals surface area contributed by atoms with Crippen LogP contribution in [-0.4, -0.2) is 47.6 Å². The van der Waals surface area contributed by atoms with Gasteiger partial charge in [-0.2, -0.15) is 5.26 Å². The van der Waals surface area contributed by atoms with E-state index in [2.05, 4.69) is 11.0 Å². The SMILES string of the molecule is N#Cc1ccc(CN2CCCN(C(=O)CSc3ccc(F)cc3)CC2)cc1. The number of amides is 1. The van der Waals surface area contributed by atoms with E-state index in [1.165, 1.54) is 29.5 Å². The summed E-state index contributed by atoms with van der Waals surface area (Å²) in [7, 11) is 0. The summed E-state index contributed by atoms with van der Waals surface area (Å²) in [5.41, 5.74) is 1.85. The Bertz CT molecular complexity index is 802. The van der Waals surface area contributed by atoms with Crippen molar-refractivity contribution in [3.63, 3.8) is 0 Å². The second-order valence-corrected chi connectivity index (χ2v) is 7.61. The zero-order valence-corrected chi connectivity index (χ0v) is 15.9. The molecule has 0 spiro atoms. The Hall–Kier alpha value is -2.36. The minimum atomic E-state index is -0.263. The van der Waals surface area contributed by atoms with Gasteiger partial charge in [-0.05, 0) is 48.4 Å². The first-order valence-corrected chi connectivity index (χ1v) is 10.00. The summed E-state index contributed by atoms with van der Waals surface area (Å²) in [5.74, 6) is 0.242. The van der Waals surface area contributed by atoms with Crippen LogP contribution in [0.1, 0.15) is 17.5 Å². The van der Waals surface area contributed by atoms with Crippen molar-refractivity contribution in [2.75, 3.05) is 31.9 Å². The minimum Gasteiger partial charge on any atom is -0.341 e. The van der Waals surface area contributed by atoms with E-state index in [4.69, 9.17) is 5.26 Å². The van der Waals surface area contributed by atoms with Crippen LogP contribution in [0.2, 0.25) is 0 Å². The van der Waals surface area contributed by atoms with E-state index in [-0.39, 0.29) is 11.7 Å². The summed E-state index contributed by atoms with van der Waals surface area (Å²) >= 11 is 1.45. The normalized spacial score (nSPS) is 15.2. The topological polar surface area (TPSA) is 47.3 Å². The number of thioether (sulfide) groups is 1. The molecule has 2 aromatic carbocycles. The molecule has 6 heteroatoms. The number of carbonyl (C=O) groups is 1. The van der Waals surface area contributed by atoms with Crippen molar-refractivity contribution in [3.05, 3.63) is 65.5 Å². The fourth-order valence-electron chi connectivity index (χ4n) is 3.09. The molecular weight excluding hydrogens is 361 g/mol. The van der Waals surface area contributed by atoms with Crippen molar-refractivity contribution in [2.24, 2.45) is 0 Å². The number of nitriles is 1. The fourth-order valence-corrected chi connectivity index (χ4v) is 3.89. The van der Waals surface area contributed by atoms with Gasteiger partial charge in [0.15, 0.2) is 0 Å². The molecular formula is C21H22FN3OS. The molecule has 1 aliphatic heterocycles. The van der Waals surface area contributed by atoms with Crippen molar-refractivity contribution >= 4 is 17.7 Å². The van der Waals surface area contributed by atoms with Crippen molar-refractivity contribution < 1.29 is 9.18 Å². The van der Waals surface area contributed by atoms with Gasteiger partial charge in [-0.25, -0.2) is 4.39 Å². The van der Waals surface area contributed by atoms with Crippen LogP contribution in [0.15, 0.2) is 53.4 Å². The molecule has 1 heterocycles. The summed E-state index contributed by atoms with van der Waals surface area (Å²) in [6.07, 6.45) is 0.948. The molecule has 0 bridgehead atoms. The summed E-state index contributed by atoms with van der Waals surface area (Å²) in [6, 6.07) is 16.0. The molecule has 27 heavy (non-hydrogen) atoms. The van der Waals surface area contributed by atoms with Gasteiger partial charge in [-0.15, -0.1) is 11.8 Å². The third-order valence-electron chi connectivity index (χ3n) is 4.61. The van der Waals surface area contributed by atoms with Crippen LogP contribution >= 0.6 is 11.8 Å². The quantitative estimate of drug-likeness (QED) is 0.741. The van der Waals surface area contributed by atoms with Gasteiger partial charge in [0, 0.05) is 37.6 Å². The summed E-state index contributed by atoms with van der Waals surface area (Å²) < 4.78 is 12.9. The summed E-state index contributed by atoms with van der Waals surface area (Å²) in [5, 5.41) is 8.88. The van der Waals surface area contributed by atoms with Gasteiger partial charge in [0.1, 0.15) is 5.82 Å². The lowest BCUT2D eigenvalue weighted by atomic mass is 10.1. The number of benzene rings is 2. The molecule has 4 nitrogen and oxygen atoms in total. The van der Waals surface area contributed by atoms with E-state index in [1.807, 2.05) is 29.2 Å². The third kappa shape index (κ3) is 5.81. The van der Waals surface area contributed by atoms with Gasteiger partial charge in [-0.3, -0.25) is 9.69 Å². The second kappa shape index (κ2) is 9.54. The van der Waals surface area contributed by atoms with E-state index in [0.29, 0.717) is 11.3 Å². The lowest BCUT2D eigenvalue weighted by Gasteiger charge is -2.22. The van der Waals surface area contributed by atoms with Gasteiger partial charge in [-0.1, -0.05) is 12.1 Å². The second-order valence-electron chi connectivity index (χ2n) is 6.56. The molecule has 0 aliphatic carbocycles. The molecule has 0 radical (unpaired) electrons. The van der Waals surface area contributed by atoms with Crippen molar-refractivity contribution in [1.82, 2.24) is 9.80 Å². The highest BCUT2D eigenvalue weighted by Gasteiger charge is 2.19. The lowest BCUT2D eigenvalue weighted by molar-refractivity contribution is -0.128. The molecule has 0 unspecified atom stereocenters.